The van der Waals surface area contributed by atoms with E-state index in [2.05, 4.69) is 19.9 Å². The SMILES string of the molecule is Nc1nc2ccccc2n1-c1cc(N2CCCCCC2)ncn1. The molecule has 0 saturated carbocycles. The maximum absolute atomic E-state index is 6.12. The summed E-state index contributed by atoms with van der Waals surface area (Å²) in [6.45, 7) is 2.10. The Balaban J connectivity index is 1.77. The van der Waals surface area contributed by atoms with Crippen molar-refractivity contribution in [3.05, 3.63) is 36.7 Å². The van der Waals surface area contributed by atoms with Gasteiger partial charge in [0.25, 0.3) is 0 Å². The zero-order valence-corrected chi connectivity index (χ0v) is 13.0. The Kier molecular flexibility index (Phi) is 3.57. The van der Waals surface area contributed by atoms with Gasteiger partial charge in [0.15, 0.2) is 0 Å². The molecule has 1 aromatic carbocycles. The van der Waals surface area contributed by atoms with E-state index >= 15 is 0 Å². The summed E-state index contributed by atoms with van der Waals surface area (Å²) in [6, 6.07) is 9.92. The first-order valence-electron chi connectivity index (χ1n) is 8.13. The number of para-hydroxylation sites is 2. The summed E-state index contributed by atoms with van der Waals surface area (Å²) in [5.74, 6) is 2.19. The molecule has 1 aliphatic rings. The van der Waals surface area contributed by atoms with Crippen LogP contribution in [0.25, 0.3) is 16.9 Å². The lowest BCUT2D eigenvalue weighted by atomic mass is 10.2. The summed E-state index contributed by atoms with van der Waals surface area (Å²) in [5.41, 5.74) is 7.96. The molecule has 0 radical (unpaired) electrons. The zero-order chi connectivity index (χ0) is 15.6. The first-order valence-corrected chi connectivity index (χ1v) is 8.13. The van der Waals surface area contributed by atoms with E-state index in [1.165, 1.54) is 25.7 Å². The second kappa shape index (κ2) is 5.87. The van der Waals surface area contributed by atoms with Gasteiger partial charge in [-0.1, -0.05) is 25.0 Å². The number of imidazole rings is 1. The maximum atomic E-state index is 6.12. The van der Waals surface area contributed by atoms with Gasteiger partial charge in [-0.05, 0) is 25.0 Å². The number of nitrogens with zero attached hydrogens (tertiary/aromatic N) is 5. The van der Waals surface area contributed by atoms with Gasteiger partial charge in [0.05, 0.1) is 11.0 Å². The second-order valence-corrected chi connectivity index (χ2v) is 5.93. The number of aromatic nitrogens is 4. The Hall–Kier alpha value is -2.63. The molecule has 0 aliphatic carbocycles. The molecule has 2 N–H and O–H groups in total. The van der Waals surface area contributed by atoms with Crippen LogP contribution in [0.1, 0.15) is 25.7 Å². The van der Waals surface area contributed by atoms with Gasteiger partial charge < -0.3 is 10.6 Å². The van der Waals surface area contributed by atoms with Crippen molar-refractivity contribution in [1.29, 1.82) is 0 Å². The van der Waals surface area contributed by atoms with Crippen molar-refractivity contribution in [3.63, 3.8) is 0 Å². The summed E-state index contributed by atoms with van der Waals surface area (Å²) in [6.07, 6.45) is 6.65. The van der Waals surface area contributed by atoms with Crippen LogP contribution in [0.3, 0.4) is 0 Å². The molecule has 118 valence electrons. The van der Waals surface area contributed by atoms with Crippen molar-refractivity contribution >= 4 is 22.8 Å². The molecule has 0 atom stereocenters. The molecule has 4 rings (SSSR count). The lowest BCUT2D eigenvalue weighted by Crippen LogP contribution is -2.25. The van der Waals surface area contributed by atoms with E-state index in [1.807, 2.05) is 34.9 Å². The quantitative estimate of drug-likeness (QED) is 0.788. The van der Waals surface area contributed by atoms with Crippen molar-refractivity contribution in [1.82, 2.24) is 19.5 Å². The molecular weight excluding hydrogens is 288 g/mol. The highest BCUT2D eigenvalue weighted by atomic mass is 15.2. The van der Waals surface area contributed by atoms with Gasteiger partial charge in [-0.3, -0.25) is 4.57 Å². The third-order valence-electron chi connectivity index (χ3n) is 4.38. The maximum Gasteiger partial charge on any atom is 0.207 e. The highest BCUT2D eigenvalue weighted by molar-refractivity contribution is 5.80. The van der Waals surface area contributed by atoms with E-state index < -0.39 is 0 Å². The van der Waals surface area contributed by atoms with Crippen LogP contribution in [-0.2, 0) is 0 Å². The fourth-order valence-corrected chi connectivity index (χ4v) is 3.22. The molecule has 0 unspecified atom stereocenters. The number of anilines is 2. The Morgan fingerprint density at radius 2 is 1.65 bits per heavy atom. The lowest BCUT2D eigenvalue weighted by Gasteiger charge is -2.21. The summed E-state index contributed by atoms with van der Waals surface area (Å²) in [4.78, 5) is 15.6. The standard InChI is InChI=1S/C17H20N6/c18-17-21-13-7-3-4-8-14(13)23(17)16-11-15(19-12-20-16)22-9-5-1-2-6-10-22/h3-4,7-8,11-12H,1-2,5-6,9-10H2,(H2,18,21). The van der Waals surface area contributed by atoms with Gasteiger partial charge in [-0.2, -0.15) is 0 Å². The third kappa shape index (κ3) is 2.60. The third-order valence-corrected chi connectivity index (χ3v) is 4.38. The van der Waals surface area contributed by atoms with Gasteiger partial charge in [-0.25, -0.2) is 15.0 Å². The van der Waals surface area contributed by atoms with Crippen molar-refractivity contribution in [2.75, 3.05) is 23.7 Å². The fraction of sp³-hybridized carbons (Fsp3) is 0.353. The van der Waals surface area contributed by atoms with E-state index in [0.29, 0.717) is 5.95 Å². The Morgan fingerprint density at radius 3 is 2.48 bits per heavy atom. The van der Waals surface area contributed by atoms with Crippen LogP contribution in [0.2, 0.25) is 0 Å². The van der Waals surface area contributed by atoms with Crippen LogP contribution in [0.15, 0.2) is 36.7 Å². The minimum Gasteiger partial charge on any atom is -0.369 e. The smallest absolute Gasteiger partial charge is 0.207 e. The zero-order valence-electron chi connectivity index (χ0n) is 13.0. The Bertz CT molecular complexity index is 817. The number of fused-ring (bicyclic) bond motifs is 1. The van der Waals surface area contributed by atoms with Gasteiger partial charge in [0.2, 0.25) is 5.95 Å². The molecule has 0 bridgehead atoms. The lowest BCUT2D eigenvalue weighted by molar-refractivity contribution is 0.726. The molecule has 1 saturated heterocycles. The van der Waals surface area contributed by atoms with Crippen molar-refractivity contribution in [2.24, 2.45) is 0 Å². The molecule has 6 heteroatoms. The van der Waals surface area contributed by atoms with E-state index in [9.17, 15) is 0 Å². The number of benzene rings is 1. The van der Waals surface area contributed by atoms with Crippen molar-refractivity contribution < 1.29 is 0 Å². The number of rotatable bonds is 2. The van der Waals surface area contributed by atoms with Crippen molar-refractivity contribution in [3.8, 4) is 5.82 Å². The molecule has 3 heterocycles. The van der Waals surface area contributed by atoms with Crippen LogP contribution >= 0.6 is 0 Å². The first kappa shape index (κ1) is 14.0. The van der Waals surface area contributed by atoms with Gasteiger partial charge in [-0.15, -0.1) is 0 Å². The summed E-state index contributed by atoms with van der Waals surface area (Å²) in [7, 11) is 0. The van der Waals surface area contributed by atoms with Gasteiger partial charge in [0, 0.05) is 19.2 Å². The topological polar surface area (TPSA) is 72.9 Å². The summed E-state index contributed by atoms with van der Waals surface area (Å²) < 4.78 is 1.89. The average Bonchev–Trinajstić information content (AvgIpc) is 2.75. The normalized spacial score (nSPS) is 15.7. The number of nitrogens with two attached hydrogens (primary N) is 1. The largest absolute Gasteiger partial charge is 0.369 e. The van der Waals surface area contributed by atoms with E-state index in [4.69, 9.17) is 5.73 Å². The minimum absolute atomic E-state index is 0.451. The molecule has 1 aliphatic heterocycles. The number of hydrogen-bond donors (Lipinski definition) is 1. The predicted octanol–water partition coefficient (Wildman–Crippen LogP) is 2.78. The van der Waals surface area contributed by atoms with E-state index in [-0.39, 0.29) is 0 Å². The first-order chi connectivity index (χ1) is 11.3. The number of nitrogen functional groups attached to an aromatic ring is 1. The summed E-state index contributed by atoms with van der Waals surface area (Å²) >= 11 is 0. The molecule has 2 aromatic heterocycles. The summed E-state index contributed by atoms with van der Waals surface area (Å²) in [5, 5.41) is 0. The molecular formula is C17H20N6. The Labute approximate surface area is 135 Å². The second-order valence-electron chi connectivity index (χ2n) is 5.93. The molecule has 0 amide bonds. The van der Waals surface area contributed by atoms with Crippen LogP contribution in [0.4, 0.5) is 11.8 Å². The fourth-order valence-electron chi connectivity index (χ4n) is 3.22. The molecule has 3 aromatic rings. The molecule has 0 spiro atoms. The minimum atomic E-state index is 0.451. The van der Waals surface area contributed by atoms with Gasteiger partial charge in [0.1, 0.15) is 18.0 Å². The highest BCUT2D eigenvalue weighted by Crippen LogP contribution is 2.24. The average molecular weight is 308 g/mol. The number of hydrogen-bond acceptors (Lipinski definition) is 5. The molecule has 1 fully saturated rings. The molecule has 6 nitrogen and oxygen atoms in total. The molecule has 23 heavy (non-hydrogen) atoms. The predicted molar refractivity (Wildman–Crippen MR) is 91.8 cm³/mol. The van der Waals surface area contributed by atoms with Crippen LogP contribution < -0.4 is 10.6 Å². The van der Waals surface area contributed by atoms with Crippen LogP contribution in [-0.4, -0.2) is 32.6 Å². The highest BCUT2D eigenvalue weighted by Gasteiger charge is 2.15. The van der Waals surface area contributed by atoms with E-state index in [1.54, 1.807) is 6.33 Å². The van der Waals surface area contributed by atoms with E-state index in [0.717, 1.165) is 35.8 Å². The van der Waals surface area contributed by atoms with Crippen LogP contribution in [0.5, 0.6) is 0 Å². The van der Waals surface area contributed by atoms with Crippen molar-refractivity contribution in [2.45, 2.75) is 25.7 Å². The van der Waals surface area contributed by atoms with Gasteiger partial charge >= 0.3 is 0 Å². The van der Waals surface area contributed by atoms with Crippen LogP contribution in [0, 0.1) is 0 Å². The Morgan fingerprint density at radius 1 is 0.913 bits per heavy atom. The monoisotopic (exact) mass is 308 g/mol.